The van der Waals surface area contributed by atoms with E-state index in [9.17, 15) is 4.79 Å². The molecule has 120 valence electrons. The van der Waals surface area contributed by atoms with Crippen molar-refractivity contribution >= 4 is 24.3 Å². The highest BCUT2D eigenvalue weighted by Crippen LogP contribution is 2.36. The largest absolute Gasteiger partial charge is 0.498 e. The van der Waals surface area contributed by atoms with Gasteiger partial charge in [0.25, 0.3) is 0 Å². The molecule has 0 unspecified atom stereocenters. The molecule has 22 heavy (non-hydrogen) atoms. The van der Waals surface area contributed by atoms with Gasteiger partial charge in [-0.05, 0) is 33.8 Å². The molecule has 6 heteroatoms. The van der Waals surface area contributed by atoms with E-state index in [1.54, 1.807) is 6.20 Å². The lowest BCUT2D eigenvalue weighted by Gasteiger charge is -2.32. The van der Waals surface area contributed by atoms with Gasteiger partial charge in [0.15, 0.2) is 0 Å². The van der Waals surface area contributed by atoms with Gasteiger partial charge < -0.3 is 14.6 Å². The van der Waals surface area contributed by atoms with Gasteiger partial charge in [0.05, 0.1) is 11.2 Å². The predicted molar refractivity (Wildman–Crippen MR) is 88.0 cm³/mol. The maximum Gasteiger partial charge on any atom is 0.498 e. The number of amides is 1. The molecule has 1 aliphatic heterocycles. The number of rotatable bonds is 2. The quantitative estimate of drug-likeness (QED) is 0.852. The number of hydrogen-bond acceptors (Lipinski definition) is 4. The number of aromatic nitrogens is 1. The van der Waals surface area contributed by atoms with Crippen LogP contribution in [-0.4, -0.2) is 29.2 Å². The van der Waals surface area contributed by atoms with E-state index in [-0.39, 0.29) is 5.91 Å². The van der Waals surface area contributed by atoms with E-state index in [0.717, 1.165) is 5.46 Å². The molecular weight excluding hydrogens is 279 g/mol. The van der Waals surface area contributed by atoms with E-state index in [4.69, 9.17) is 9.31 Å². The van der Waals surface area contributed by atoms with E-state index >= 15 is 0 Å². The molecule has 5 nitrogen and oxygen atoms in total. The minimum absolute atomic E-state index is 0.0935. The Hall–Kier alpha value is -1.40. The molecule has 0 aromatic carbocycles. The van der Waals surface area contributed by atoms with Crippen LogP contribution in [0.2, 0.25) is 0 Å². The monoisotopic (exact) mass is 304 g/mol. The Balaban J connectivity index is 2.29. The second kappa shape index (κ2) is 5.35. The van der Waals surface area contributed by atoms with Crippen molar-refractivity contribution in [2.45, 2.75) is 59.7 Å². The fraction of sp³-hybridized carbons (Fsp3) is 0.625. The summed E-state index contributed by atoms with van der Waals surface area (Å²) in [5.41, 5.74) is -0.624. The number of carbonyl (C=O) groups is 1. The average Bonchev–Trinajstić information content (AvgIpc) is 2.57. The molecule has 1 amide bonds. The van der Waals surface area contributed by atoms with Gasteiger partial charge in [0, 0.05) is 17.1 Å². The molecule has 1 N–H and O–H groups in total. The zero-order valence-corrected chi connectivity index (χ0v) is 14.5. The molecule has 1 aromatic rings. The first-order valence-electron chi connectivity index (χ1n) is 7.56. The maximum atomic E-state index is 12.2. The van der Waals surface area contributed by atoms with Crippen LogP contribution in [0.25, 0.3) is 0 Å². The Morgan fingerprint density at radius 1 is 1.18 bits per heavy atom. The Morgan fingerprint density at radius 2 is 1.73 bits per heavy atom. The van der Waals surface area contributed by atoms with Gasteiger partial charge in [-0.1, -0.05) is 26.8 Å². The van der Waals surface area contributed by atoms with Crippen molar-refractivity contribution in [2.75, 3.05) is 5.32 Å². The number of nitrogens with zero attached hydrogens (tertiary/aromatic N) is 1. The molecule has 0 bridgehead atoms. The first-order chi connectivity index (χ1) is 9.94. The molecule has 0 radical (unpaired) electrons. The van der Waals surface area contributed by atoms with Crippen LogP contribution in [-0.2, 0) is 14.1 Å². The molecule has 0 atom stereocenters. The number of nitrogens with one attached hydrogen (secondary N) is 1. The molecule has 1 fully saturated rings. The highest BCUT2D eigenvalue weighted by atomic mass is 16.7. The van der Waals surface area contributed by atoms with Gasteiger partial charge >= 0.3 is 7.12 Å². The molecule has 2 rings (SSSR count). The smallest absolute Gasteiger partial charge is 0.399 e. The maximum absolute atomic E-state index is 12.2. The number of pyridine rings is 1. The molecular formula is C16H25BN2O3. The van der Waals surface area contributed by atoms with E-state index in [0.29, 0.717) is 5.82 Å². The van der Waals surface area contributed by atoms with Crippen LogP contribution in [0, 0.1) is 5.41 Å². The van der Waals surface area contributed by atoms with Crippen LogP contribution < -0.4 is 10.8 Å². The summed E-state index contributed by atoms with van der Waals surface area (Å²) < 4.78 is 12.1. The first-order valence-corrected chi connectivity index (χ1v) is 7.56. The minimum Gasteiger partial charge on any atom is -0.399 e. The summed E-state index contributed by atoms with van der Waals surface area (Å²) in [5, 5.41) is 2.87. The number of anilines is 1. The summed E-state index contributed by atoms with van der Waals surface area (Å²) >= 11 is 0. The van der Waals surface area contributed by atoms with Crippen LogP contribution in [0.15, 0.2) is 18.3 Å². The normalized spacial score (nSPS) is 20.0. The summed E-state index contributed by atoms with van der Waals surface area (Å²) in [4.78, 5) is 16.5. The van der Waals surface area contributed by atoms with Crippen LogP contribution in [0.3, 0.4) is 0 Å². The molecule has 0 aliphatic carbocycles. The van der Waals surface area contributed by atoms with Crippen LogP contribution in [0.5, 0.6) is 0 Å². The zero-order valence-electron chi connectivity index (χ0n) is 14.5. The molecule has 1 aliphatic rings. The number of carbonyl (C=O) groups excluding carboxylic acids is 1. The summed E-state index contributed by atoms with van der Waals surface area (Å²) in [5.74, 6) is 0.393. The fourth-order valence-electron chi connectivity index (χ4n) is 1.98. The topological polar surface area (TPSA) is 60.5 Å². The van der Waals surface area contributed by atoms with Crippen molar-refractivity contribution in [3.05, 3.63) is 18.3 Å². The summed E-state index contributed by atoms with van der Waals surface area (Å²) in [6.07, 6.45) is 1.65. The molecule has 1 aromatic heterocycles. The molecule has 0 saturated carbocycles. The van der Waals surface area contributed by atoms with Crippen molar-refractivity contribution in [1.29, 1.82) is 0 Å². The Kier molecular flexibility index (Phi) is 4.13. The van der Waals surface area contributed by atoms with E-state index in [1.165, 1.54) is 0 Å². The van der Waals surface area contributed by atoms with Gasteiger partial charge in [-0.3, -0.25) is 4.79 Å². The van der Waals surface area contributed by atoms with Crippen molar-refractivity contribution in [3.8, 4) is 0 Å². The fourth-order valence-corrected chi connectivity index (χ4v) is 1.98. The van der Waals surface area contributed by atoms with Gasteiger partial charge in [0.2, 0.25) is 5.91 Å². The lowest BCUT2D eigenvalue weighted by Crippen LogP contribution is -2.41. The SMILES string of the molecule is CC(C)(C)C(=O)Nc1ncccc1B1OC(C)(C)C(C)(C)O1. The molecule has 0 spiro atoms. The van der Waals surface area contributed by atoms with Gasteiger partial charge in [-0.25, -0.2) is 4.98 Å². The van der Waals surface area contributed by atoms with Crippen molar-refractivity contribution in [1.82, 2.24) is 4.98 Å². The first kappa shape index (κ1) is 17.0. The second-order valence-corrected chi connectivity index (χ2v) is 7.73. The second-order valence-electron chi connectivity index (χ2n) is 7.73. The summed E-state index contributed by atoms with van der Waals surface area (Å²) in [6, 6.07) is 3.68. The highest BCUT2D eigenvalue weighted by Gasteiger charge is 2.52. The van der Waals surface area contributed by atoms with Crippen LogP contribution in [0.1, 0.15) is 48.5 Å². The summed E-state index contributed by atoms with van der Waals surface area (Å²) in [6.45, 7) is 13.6. The lowest BCUT2D eigenvalue weighted by molar-refractivity contribution is -0.123. The van der Waals surface area contributed by atoms with Crippen LogP contribution in [0.4, 0.5) is 5.82 Å². The Labute approximate surface area is 132 Å². The third kappa shape index (κ3) is 3.18. The van der Waals surface area contributed by atoms with Crippen molar-refractivity contribution < 1.29 is 14.1 Å². The van der Waals surface area contributed by atoms with Crippen LogP contribution >= 0.6 is 0 Å². The highest BCUT2D eigenvalue weighted by molar-refractivity contribution is 6.63. The standard InChI is InChI=1S/C16H25BN2O3/c1-14(2,3)13(20)19-12-11(9-8-10-18-12)17-21-15(4,5)16(6,7)22-17/h8-10H,1-7H3,(H,18,19,20). The van der Waals surface area contributed by atoms with Gasteiger partial charge in [0.1, 0.15) is 5.82 Å². The Morgan fingerprint density at radius 3 is 2.23 bits per heavy atom. The van der Waals surface area contributed by atoms with Crippen molar-refractivity contribution in [3.63, 3.8) is 0 Å². The van der Waals surface area contributed by atoms with Gasteiger partial charge in [-0.15, -0.1) is 0 Å². The third-order valence-electron chi connectivity index (χ3n) is 4.26. The lowest BCUT2D eigenvalue weighted by atomic mass is 9.79. The number of hydrogen-bond donors (Lipinski definition) is 1. The summed E-state index contributed by atoms with van der Waals surface area (Å²) in [7, 11) is -0.547. The van der Waals surface area contributed by atoms with E-state index < -0.39 is 23.7 Å². The van der Waals surface area contributed by atoms with E-state index in [1.807, 2.05) is 60.6 Å². The van der Waals surface area contributed by atoms with Crippen molar-refractivity contribution in [2.24, 2.45) is 5.41 Å². The minimum atomic E-state index is -0.547. The Bertz CT molecular complexity index is 563. The zero-order chi connectivity index (χ0) is 16.8. The van der Waals surface area contributed by atoms with E-state index in [2.05, 4.69) is 10.3 Å². The predicted octanol–water partition coefficient (Wildman–Crippen LogP) is 2.37. The third-order valence-corrected chi connectivity index (χ3v) is 4.26. The average molecular weight is 304 g/mol. The molecule has 2 heterocycles. The van der Waals surface area contributed by atoms with Gasteiger partial charge in [-0.2, -0.15) is 0 Å². The molecule has 1 saturated heterocycles.